The van der Waals surface area contributed by atoms with Crippen molar-refractivity contribution >= 4 is 0 Å². The number of rotatable bonds is 1. The van der Waals surface area contributed by atoms with Crippen LogP contribution in [0.4, 0.5) is 0 Å². The molecule has 0 bridgehead atoms. The van der Waals surface area contributed by atoms with Gasteiger partial charge >= 0.3 is 0 Å². The Morgan fingerprint density at radius 1 is 0.875 bits per heavy atom. The third kappa shape index (κ3) is 2.78. The number of H-pyrrole nitrogens is 2. The van der Waals surface area contributed by atoms with Gasteiger partial charge in [0.25, 0.3) is 0 Å². The Kier molecular flexibility index (Phi) is 3.44. The lowest BCUT2D eigenvalue weighted by molar-refractivity contribution is 0.881. The van der Waals surface area contributed by atoms with E-state index in [9.17, 15) is 0 Å². The van der Waals surface area contributed by atoms with Crippen molar-refractivity contribution in [2.75, 3.05) is 0 Å². The molecule has 0 radical (unpaired) electrons. The van der Waals surface area contributed by atoms with Gasteiger partial charge in [0.05, 0.1) is 0 Å². The Balaban J connectivity index is 0.000000162. The lowest BCUT2D eigenvalue weighted by atomic mass is 10.2. The molecule has 0 amide bonds. The van der Waals surface area contributed by atoms with E-state index in [4.69, 9.17) is 0 Å². The summed E-state index contributed by atoms with van der Waals surface area (Å²) in [5, 5.41) is 13.5. The monoisotopic (exact) mass is 213 g/mol. The van der Waals surface area contributed by atoms with Gasteiger partial charge in [-0.1, -0.05) is 30.3 Å². The molecule has 0 unspecified atom stereocenters. The van der Waals surface area contributed by atoms with E-state index in [1.807, 2.05) is 54.9 Å². The molecule has 0 aliphatic carbocycles. The van der Waals surface area contributed by atoms with Crippen molar-refractivity contribution in [1.82, 2.24) is 25.6 Å². The second kappa shape index (κ2) is 5.45. The maximum Gasteiger partial charge on any atom is 0.204 e. The Labute approximate surface area is 92.5 Å². The van der Waals surface area contributed by atoms with Crippen LogP contribution in [0.3, 0.4) is 0 Å². The van der Waals surface area contributed by atoms with E-state index in [0.29, 0.717) is 5.82 Å². The number of aromatic nitrogens is 5. The summed E-state index contributed by atoms with van der Waals surface area (Å²) in [6.45, 7) is 0. The van der Waals surface area contributed by atoms with Crippen LogP contribution in [0.15, 0.2) is 54.9 Å². The van der Waals surface area contributed by atoms with Gasteiger partial charge in [-0.15, -0.1) is 10.2 Å². The van der Waals surface area contributed by atoms with Crippen LogP contribution in [0.25, 0.3) is 11.4 Å². The zero-order valence-electron chi connectivity index (χ0n) is 8.54. The molecule has 0 aliphatic heterocycles. The molecule has 80 valence electrons. The van der Waals surface area contributed by atoms with Gasteiger partial charge in [-0.05, 0) is 17.3 Å². The maximum absolute atomic E-state index is 3.84. The molecule has 5 heteroatoms. The molecule has 2 N–H and O–H groups in total. The first-order valence-electron chi connectivity index (χ1n) is 4.83. The average Bonchev–Trinajstić information content (AvgIpc) is 3.07. The van der Waals surface area contributed by atoms with Gasteiger partial charge in [-0.25, -0.2) is 0 Å². The predicted octanol–water partition coefficient (Wildman–Crippen LogP) is 1.88. The molecule has 0 aliphatic rings. The van der Waals surface area contributed by atoms with Crippen molar-refractivity contribution in [3.8, 4) is 11.4 Å². The van der Waals surface area contributed by atoms with E-state index in [1.54, 1.807) is 0 Å². The van der Waals surface area contributed by atoms with E-state index >= 15 is 0 Å². The van der Waals surface area contributed by atoms with Crippen LogP contribution in [-0.2, 0) is 0 Å². The molecular weight excluding hydrogens is 202 g/mol. The summed E-state index contributed by atoms with van der Waals surface area (Å²) < 4.78 is 0. The summed E-state index contributed by atoms with van der Waals surface area (Å²) in [6, 6.07) is 13.6. The first-order valence-corrected chi connectivity index (χ1v) is 4.83. The fourth-order valence-corrected chi connectivity index (χ4v) is 1.15. The predicted molar refractivity (Wildman–Crippen MR) is 60.4 cm³/mol. The van der Waals surface area contributed by atoms with Crippen LogP contribution in [0, 0.1) is 0 Å². The van der Waals surface area contributed by atoms with Crippen LogP contribution in [-0.4, -0.2) is 25.6 Å². The molecular formula is C11H11N5. The summed E-state index contributed by atoms with van der Waals surface area (Å²) in [6.07, 6.45) is 3.75. The smallest absolute Gasteiger partial charge is 0.204 e. The summed E-state index contributed by atoms with van der Waals surface area (Å²) >= 11 is 0. The molecule has 0 atom stereocenters. The SMILES string of the molecule is c1cc[nH]c1.c1ccc(-c2nn[nH]n2)cc1. The standard InChI is InChI=1S/C7H6N4.C4H5N/c1-2-4-6(5-3-1)7-8-10-11-9-7;1-2-4-5-3-1/h1-5H,(H,8,9,10,11);1-5H. The van der Waals surface area contributed by atoms with Crippen molar-refractivity contribution in [3.05, 3.63) is 54.9 Å². The Morgan fingerprint density at radius 3 is 2.12 bits per heavy atom. The van der Waals surface area contributed by atoms with Crippen LogP contribution in [0.2, 0.25) is 0 Å². The molecule has 16 heavy (non-hydrogen) atoms. The number of hydrogen-bond donors (Lipinski definition) is 2. The van der Waals surface area contributed by atoms with Crippen molar-refractivity contribution in [3.63, 3.8) is 0 Å². The van der Waals surface area contributed by atoms with Crippen molar-refractivity contribution in [2.24, 2.45) is 0 Å². The van der Waals surface area contributed by atoms with Gasteiger partial charge < -0.3 is 4.98 Å². The zero-order chi connectivity index (χ0) is 11.1. The number of nitrogens with zero attached hydrogens (tertiary/aromatic N) is 3. The van der Waals surface area contributed by atoms with Crippen LogP contribution >= 0.6 is 0 Å². The third-order valence-electron chi connectivity index (χ3n) is 1.87. The lowest BCUT2D eigenvalue weighted by Gasteiger charge is -1.89. The lowest BCUT2D eigenvalue weighted by Crippen LogP contribution is -1.78. The van der Waals surface area contributed by atoms with Gasteiger partial charge in [0.1, 0.15) is 0 Å². The largest absolute Gasteiger partial charge is 0.368 e. The minimum Gasteiger partial charge on any atom is -0.368 e. The van der Waals surface area contributed by atoms with Crippen LogP contribution < -0.4 is 0 Å². The normalized spacial score (nSPS) is 9.25. The number of hydrogen-bond acceptors (Lipinski definition) is 3. The third-order valence-corrected chi connectivity index (χ3v) is 1.87. The first kappa shape index (κ1) is 10.1. The van der Waals surface area contributed by atoms with E-state index in [2.05, 4.69) is 25.6 Å². The number of benzene rings is 1. The van der Waals surface area contributed by atoms with Gasteiger partial charge in [0.2, 0.25) is 5.82 Å². The summed E-state index contributed by atoms with van der Waals surface area (Å²) in [5.74, 6) is 0.630. The highest BCUT2D eigenvalue weighted by atomic mass is 15.5. The highest BCUT2D eigenvalue weighted by Gasteiger charge is 1.98. The first-order chi connectivity index (χ1) is 7.97. The highest BCUT2D eigenvalue weighted by Crippen LogP contribution is 2.10. The van der Waals surface area contributed by atoms with Gasteiger partial charge in [-0.3, -0.25) is 0 Å². The van der Waals surface area contributed by atoms with Gasteiger partial charge in [-0.2, -0.15) is 5.21 Å². The van der Waals surface area contributed by atoms with Gasteiger partial charge in [0.15, 0.2) is 0 Å². The molecule has 0 spiro atoms. The fourth-order valence-electron chi connectivity index (χ4n) is 1.15. The average molecular weight is 213 g/mol. The molecule has 5 nitrogen and oxygen atoms in total. The highest BCUT2D eigenvalue weighted by molar-refractivity contribution is 5.52. The summed E-state index contributed by atoms with van der Waals surface area (Å²) in [7, 11) is 0. The summed E-state index contributed by atoms with van der Waals surface area (Å²) in [4.78, 5) is 2.86. The Morgan fingerprint density at radius 2 is 1.62 bits per heavy atom. The van der Waals surface area contributed by atoms with Crippen molar-refractivity contribution < 1.29 is 0 Å². The summed E-state index contributed by atoms with van der Waals surface area (Å²) in [5.41, 5.74) is 0.973. The molecule has 0 fully saturated rings. The van der Waals surface area contributed by atoms with E-state index in [0.717, 1.165) is 5.56 Å². The molecule has 3 rings (SSSR count). The van der Waals surface area contributed by atoms with E-state index in [-0.39, 0.29) is 0 Å². The Bertz CT molecular complexity index is 455. The number of nitrogens with one attached hydrogen (secondary N) is 2. The molecule has 2 heterocycles. The number of aromatic amines is 2. The second-order valence-corrected chi connectivity index (χ2v) is 2.99. The van der Waals surface area contributed by atoms with E-state index < -0.39 is 0 Å². The van der Waals surface area contributed by atoms with Crippen molar-refractivity contribution in [2.45, 2.75) is 0 Å². The maximum atomic E-state index is 3.84. The minimum atomic E-state index is 0.630. The molecule has 2 aromatic heterocycles. The Hall–Kier alpha value is -2.43. The second-order valence-electron chi connectivity index (χ2n) is 2.99. The molecule has 0 saturated carbocycles. The zero-order valence-corrected chi connectivity index (χ0v) is 8.54. The minimum absolute atomic E-state index is 0.630. The fraction of sp³-hybridized carbons (Fsp3) is 0. The quantitative estimate of drug-likeness (QED) is 0.648. The van der Waals surface area contributed by atoms with E-state index in [1.165, 1.54) is 0 Å². The van der Waals surface area contributed by atoms with Gasteiger partial charge in [0, 0.05) is 18.0 Å². The molecule has 1 aromatic carbocycles. The topological polar surface area (TPSA) is 70.2 Å². The van der Waals surface area contributed by atoms with Crippen LogP contribution in [0.1, 0.15) is 0 Å². The molecule has 0 saturated heterocycles. The molecule has 3 aromatic rings. The number of tetrazole rings is 1. The van der Waals surface area contributed by atoms with Crippen LogP contribution in [0.5, 0.6) is 0 Å². The van der Waals surface area contributed by atoms with Crippen molar-refractivity contribution in [1.29, 1.82) is 0 Å².